The highest BCUT2D eigenvalue weighted by Crippen LogP contribution is 2.35. The fourth-order valence-corrected chi connectivity index (χ4v) is 4.01. The first-order valence-electron chi connectivity index (χ1n) is 9.32. The van der Waals surface area contributed by atoms with Crippen molar-refractivity contribution >= 4 is 0 Å². The quantitative estimate of drug-likeness (QED) is 0.784. The van der Waals surface area contributed by atoms with Gasteiger partial charge in [0.15, 0.2) is 5.82 Å². The maximum Gasteiger partial charge on any atom is 0.182 e. The number of methoxy groups -OCH3 is 1. The van der Waals surface area contributed by atoms with Crippen molar-refractivity contribution < 1.29 is 19.5 Å². The molecule has 3 fully saturated rings. The number of hydrogen-bond acceptors (Lipinski definition) is 6. The first kappa shape index (κ1) is 16.2. The predicted octanol–water partition coefficient (Wildman–Crippen LogP) is 0.0294. The SMILES string of the molecule is COc1cccc(-c2nnnn2[C@H]2CO[C@H]3[C@@H]2OC[C@@H]3[NH2+]CC2CC2)c1. The van der Waals surface area contributed by atoms with Crippen molar-refractivity contribution in [2.75, 3.05) is 26.9 Å². The molecular formula is C18H24N5O3+. The Balaban J connectivity index is 1.35. The van der Waals surface area contributed by atoms with E-state index >= 15 is 0 Å². The van der Waals surface area contributed by atoms with Gasteiger partial charge in [-0.3, -0.25) is 0 Å². The van der Waals surface area contributed by atoms with Crippen molar-refractivity contribution in [2.45, 2.75) is 37.1 Å². The van der Waals surface area contributed by atoms with E-state index in [-0.39, 0.29) is 18.2 Å². The van der Waals surface area contributed by atoms with E-state index in [0.717, 1.165) is 23.8 Å². The number of quaternary nitrogens is 1. The molecule has 0 spiro atoms. The highest BCUT2D eigenvalue weighted by atomic mass is 16.6. The zero-order valence-corrected chi connectivity index (χ0v) is 14.8. The van der Waals surface area contributed by atoms with Crippen molar-refractivity contribution in [1.82, 2.24) is 20.2 Å². The number of hydrogen-bond donors (Lipinski definition) is 1. The first-order valence-corrected chi connectivity index (χ1v) is 9.32. The molecule has 8 heteroatoms. The van der Waals surface area contributed by atoms with Gasteiger partial charge >= 0.3 is 0 Å². The molecule has 1 saturated carbocycles. The molecule has 5 rings (SSSR count). The number of nitrogens with zero attached hydrogens (tertiary/aromatic N) is 4. The fraction of sp³-hybridized carbons (Fsp3) is 0.611. The van der Waals surface area contributed by atoms with Gasteiger partial charge in [-0.2, -0.15) is 0 Å². The molecule has 2 saturated heterocycles. The summed E-state index contributed by atoms with van der Waals surface area (Å²) in [5.74, 6) is 2.39. The van der Waals surface area contributed by atoms with Gasteiger partial charge in [0, 0.05) is 11.5 Å². The van der Waals surface area contributed by atoms with Gasteiger partial charge in [0.05, 0.1) is 20.3 Å². The Labute approximate surface area is 151 Å². The Morgan fingerprint density at radius 2 is 2.12 bits per heavy atom. The number of tetrazole rings is 1. The molecule has 2 aliphatic heterocycles. The van der Waals surface area contributed by atoms with E-state index in [1.807, 2.05) is 28.9 Å². The summed E-state index contributed by atoms with van der Waals surface area (Å²) in [4.78, 5) is 0. The molecular weight excluding hydrogens is 334 g/mol. The standard InChI is InChI=1S/C18H23N5O3/c1-24-13-4-2-3-12(7-13)18-20-21-22-23(18)15-10-26-16-14(9-25-17(15)16)19-8-11-5-6-11/h2-4,7,11,14-17,19H,5-6,8-10H2,1H3/p+1/t14-,15-,16+,17+/m0/s1. The molecule has 2 N–H and O–H groups in total. The zero-order chi connectivity index (χ0) is 17.5. The third-order valence-electron chi connectivity index (χ3n) is 5.67. The molecule has 26 heavy (non-hydrogen) atoms. The molecule has 1 aromatic heterocycles. The Morgan fingerprint density at radius 1 is 1.23 bits per heavy atom. The van der Waals surface area contributed by atoms with Crippen molar-refractivity contribution in [3.05, 3.63) is 24.3 Å². The minimum atomic E-state index is -0.00414. The van der Waals surface area contributed by atoms with Crippen LogP contribution in [0.25, 0.3) is 11.4 Å². The molecule has 0 radical (unpaired) electrons. The minimum absolute atomic E-state index is 0.00307. The molecule has 4 atom stereocenters. The average molecular weight is 358 g/mol. The topological polar surface area (TPSA) is 87.9 Å². The lowest BCUT2D eigenvalue weighted by atomic mass is 10.1. The number of rotatable bonds is 6. The highest BCUT2D eigenvalue weighted by molar-refractivity contribution is 5.57. The molecule has 1 aliphatic carbocycles. The Hall–Kier alpha value is -2.03. The number of fused-ring (bicyclic) bond motifs is 1. The van der Waals surface area contributed by atoms with Crippen LogP contribution in [0.15, 0.2) is 24.3 Å². The number of aromatic nitrogens is 4. The van der Waals surface area contributed by atoms with Gasteiger partial charge in [-0.05, 0) is 35.4 Å². The lowest BCUT2D eigenvalue weighted by Crippen LogP contribution is -2.93. The Bertz CT molecular complexity index is 778. The summed E-state index contributed by atoms with van der Waals surface area (Å²) >= 11 is 0. The highest BCUT2D eigenvalue weighted by Gasteiger charge is 2.51. The van der Waals surface area contributed by atoms with Crippen molar-refractivity contribution in [3.63, 3.8) is 0 Å². The molecule has 1 aromatic carbocycles. The van der Waals surface area contributed by atoms with Crippen molar-refractivity contribution in [2.24, 2.45) is 5.92 Å². The molecule has 3 heterocycles. The second-order valence-electron chi connectivity index (χ2n) is 7.42. The monoisotopic (exact) mass is 358 g/mol. The van der Waals surface area contributed by atoms with Gasteiger partial charge in [-0.15, -0.1) is 5.10 Å². The van der Waals surface area contributed by atoms with Gasteiger partial charge in [0.2, 0.25) is 0 Å². The summed E-state index contributed by atoms with van der Waals surface area (Å²) in [6.07, 6.45) is 2.86. The number of benzene rings is 1. The van der Waals surface area contributed by atoms with Crippen LogP contribution in [0.5, 0.6) is 5.75 Å². The van der Waals surface area contributed by atoms with Crippen LogP contribution in [0.4, 0.5) is 0 Å². The van der Waals surface area contributed by atoms with Crippen LogP contribution < -0.4 is 10.1 Å². The predicted molar refractivity (Wildman–Crippen MR) is 91.6 cm³/mol. The largest absolute Gasteiger partial charge is 0.497 e. The summed E-state index contributed by atoms with van der Waals surface area (Å²) < 4.78 is 19.4. The van der Waals surface area contributed by atoms with Gasteiger partial charge in [0.25, 0.3) is 0 Å². The van der Waals surface area contributed by atoms with Gasteiger partial charge in [-0.25, -0.2) is 4.68 Å². The summed E-state index contributed by atoms with van der Waals surface area (Å²) in [6.45, 7) is 2.49. The van der Waals surface area contributed by atoms with Crippen LogP contribution in [0, 0.1) is 5.92 Å². The average Bonchev–Trinajstić information content (AvgIpc) is 3.08. The second kappa shape index (κ2) is 6.61. The van der Waals surface area contributed by atoms with Crippen LogP contribution in [0.3, 0.4) is 0 Å². The van der Waals surface area contributed by atoms with Gasteiger partial charge in [-0.1, -0.05) is 12.1 Å². The zero-order valence-electron chi connectivity index (χ0n) is 14.8. The first-order chi connectivity index (χ1) is 12.8. The smallest absolute Gasteiger partial charge is 0.182 e. The molecule has 0 bridgehead atoms. The fourth-order valence-electron chi connectivity index (χ4n) is 4.01. The van der Waals surface area contributed by atoms with Crippen LogP contribution >= 0.6 is 0 Å². The normalized spacial score (nSPS) is 30.5. The van der Waals surface area contributed by atoms with Crippen LogP contribution in [0.2, 0.25) is 0 Å². The van der Waals surface area contributed by atoms with Crippen LogP contribution in [-0.4, -0.2) is 65.3 Å². The van der Waals surface area contributed by atoms with Crippen molar-refractivity contribution in [1.29, 1.82) is 0 Å². The van der Waals surface area contributed by atoms with Crippen molar-refractivity contribution in [3.8, 4) is 17.1 Å². The van der Waals surface area contributed by atoms with Crippen LogP contribution in [-0.2, 0) is 9.47 Å². The molecule has 2 aromatic rings. The maximum atomic E-state index is 6.12. The maximum absolute atomic E-state index is 6.12. The number of ether oxygens (including phenoxy) is 3. The Morgan fingerprint density at radius 3 is 2.96 bits per heavy atom. The van der Waals surface area contributed by atoms with E-state index < -0.39 is 0 Å². The van der Waals surface area contributed by atoms with E-state index in [1.54, 1.807) is 7.11 Å². The second-order valence-corrected chi connectivity index (χ2v) is 7.42. The molecule has 0 unspecified atom stereocenters. The lowest BCUT2D eigenvalue weighted by molar-refractivity contribution is -0.695. The third-order valence-corrected chi connectivity index (χ3v) is 5.67. The molecule has 8 nitrogen and oxygen atoms in total. The third kappa shape index (κ3) is 2.87. The van der Waals surface area contributed by atoms with E-state index in [4.69, 9.17) is 14.2 Å². The van der Waals surface area contributed by atoms with E-state index in [2.05, 4.69) is 20.8 Å². The van der Waals surface area contributed by atoms with Gasteiger partial charge < -0.3 is 19.5 Å². The van der Waals surface area contributed by atoms with Crippen LogP contribution in [0.1, 0.15) is 18.9 Å². The summed E-state index contributed by atoms with van der Waals surface area (Å²) in [5, 5.41) is 14.8. The summed E-state index contributed by atoms with van der Waals surface area (Å²) in [7, 11) is 1.65. The molecule has 0 amide bonds. The number of nitrogens with two attached hydrogens (primary N) is 1. The lowest BCUT2D eigenvalue weighted by Gasteiger charge is -2.17. The molecule has 3 aliphatic rings. The molecule has 138 valence electrons. The van der Waals surface area contributed by atoms with E-state index in [0.29, 0.717) is 18.5 Å². The van der Waals surface area contributed by atoms with Gasteiger partial charge in [0.1, 0.15) is 36.6 Å². The summed E-state index contributed by atoms with van der Waals surface area (Å²) in [6, 6.07) is 8.15. The summed E-state index contributed by atoms with van der Waals surface area (Å²) in [5.41, 5.74) is 0.924. The Kier molecular flexibility index (Phi) is 4.11. The van der Waals surface area contributed by atoms with E-state index in [1.165, 1.54) is 19.4 Å². The van der Waals surface area contributed by atoms with E-state index in [9.17, 15) is 0 Å². The minimum Gasteiger partial charge on any atom is -0.497 e.